The minimum atomic E-state index is -1.54. The minimum absolute atomic E-state index is 0.000416. The van der Waals surface area contributed by atoms with E-state index in [1.807, 2.05) is 36.4 Å². The van der Waals surface area contributed by atoms with Crippen molar-refractivity contribution in [1.82, 2.24) is 10.6 Å². The van der Waals surface area contributed by atoms with Gasteiger partial charge in [0.2, 0.25) is 5.91 Å². The van der Waals surface area contributed by atoms with Crippen LogP contribution in [-0.2, 0) is 14.3 Å². The summed E-state index contributed by atoms with van der Waals surface area (Å²) in [6.07, 6.45) is -0.568. The van der Waals surface area contributed by atoms with Gasteiger partial charge >= 0.3 is 12.1 Å². The summed E-state index contributed by atoms with van der Waals surface area (Å²) >= 11 is 0. The summed E-state index contributed by atoms with van der Waals surface area (Å²) in [5, 5.41) is 23.4. The van der Waals surface area contributed by atoms with Gasteiger partial charge in [-0.05, 0) is 41.5 Å². The highest BCUT2D eigenvalue weighted by atomic mass is 16.5. The van der Waals surface area contributed by atoms with Crippen LogP contribution in [0, 0.1) is 0 Å². The maximum absolute atomic E-state index is 12.6. The highest BCUT2D eigenvalue weighted by Gasteiger charge is 2.46. The molecule has 0 heterocycles. The van der Waals surface area contributed by atoms with Gasteiger partial charge in [-0.1, -0.05) is 48.5 Å². The Morgan fingerprint density at radius 2 is 1.62 bits per heavy atom. The van der Waals surface area contributed by atoms with Crippen molar-refractivity contribution in [3.05, 3.63) is 59.7 Å². The first kappa shape index (κ1) is 21.8. The molecular weight excluding hydrogens is 412 g/mol. The monoisotopic (exact) mass is 438 g/mol. The molecule has 1 fully saturated rings. The van der Waals surface area contributed by atoms with Crippen molar-refractivity contribution in [2.45, 2.75) is 43.2 Å². The number of aliphatic carboxylic acids is 1. The average Bonchev–Trinajstić information content (AvgIpc) is 3.08. The third-order valence-corrected chi connectivity index (χ3v) is 6.32. The van der Waals surface area contributed by atoms with Crippen molar-refractivity contribution in [3.8, 4) is 11.1 Å². The second kappa shape index (κ2) is 9.00. The Bertz CT molecular complexity index is 987. The lowest BCUT2D eigenvalue weighted by Crippen LogP contribution is -2.63. The Morgan fingerprint density at radius 1 is 1.03 bits per heavy atom. The standard InChI is InChI=1S/C24H26N2O6/c27-20(21(28)29)10-13-25-22(30)24(11-5-12-24)26-23(31)32-14-19-17-8-3-1-6-15(17)16-7-2-4-9-18(16)19/h1-4,6-9,19-20,27H,5,10-14H2,(H,25,30)(H,26,31)(H,28,29)/t20-/m0/s1. The van der Waals surface area contributed by atoms with Gasteiger partial charge in [0.25, 0.3) is 0 Å². The van der Waals surface area contributed by atoms with E-state index < -0.39 is 29.6 Å². The summed E-state index contributed by atoms with van der Waals surface area (Å²) in [4.78, 5) is 35.9. The molecule has 2 aliphatic rings. The van der Waals surface area contributed by atoms with Crippen LogP contribution in [0.5, 0.6) is 0 Å². The van der Waals surface area contributed by atoms with Gasteiger partial charge in [0.1, 0.15) is 12.1 Å². The van der Waals surface area contributed by atoms with Crippen LogP contribution >= 0.6 is 0 Å². The van der Waals surface area contributed by atoms with Gasteiger partial charge < -0.3 is 25.6 Å². The highest BCUT2D eigenvalue weighted by molar-refractivity contribution is 5.91. The number of amides is 2. The topological polar surface area (TPSA) is 125 Å². The van der Waals surface area contributed by atoms with Crippen molar-refractivity contribution >= 4 is 18.0 Å². The summed E-state index contributed by atoms with van der Waals surface area (Å²) < 4.78 is 5.55. The molecule has 0 aromatic heterocycles. The van der Waals surface area contributed by atoms with E-state index in [4.69, 9.17) is 9.84 Å². The molecule has 0 radical (unpaired) electrons. The van der Waals surface area contributed by atoms with E-state index in [-0.39, 0.29) is 25.5 Å². The number of fused-ring (bicyclic) bond motifs is 3. The largest absolute Gasteiger partial charge is 0.479 e. The zero-order chi connectivity index (χ0) is 22.7. The Morgan fingerprint density at radius 3 is 2.16 bits per heavy atom. The number of rotatable bonds is 8. The van der Waals surface area contributed by atoms with Crippen molar-refractivity contribution < 1.29 is 29.3 Å². The molecule has 168 valence electrons. The Balaban J connectivity index is 1.35. The van der Waals surface area contributed by atoms with Gasteiger partial charge in [0.05, 0.1) is 0 Å². The van der Waals surface area contributed by atoms with E-state index in [0.717, 1.165) is 28.7 Å². The molecule has 0 spiro atoms. The Kier molecular flexibility index (Phi) is 6.14. The molecular formula is C24H26N2O6. The molecule has 2 aromatic carbocycles. The molecule has 0 saturated heterocycles. The van der Waals surface area contributed by atoms with E-state index in [2.05, 4.69) is 22.8 Å². The summed E-state index contributed by atoms with van der Waals surface area (Å²) in [5.41, 5.74) is 3.42. The van der Waals surface area contributed by atoms with Crippen molar-refractivity contribution in [1.29, 1.82) is 0 Å². The first-order chi connectivity index (χ1) is 15.4. The Labute approximate surface area is 185 Å². The number of carbonyl (C=O) groups is 3. The van der Waals surface area contributed by atoms with Gasteiger partial charge in [-0.15, -0.1) is 0 Å². The van der Waals surface area contributed by atoms with E-state index >= 15 is 0 Å². The first-order valence-electron chi connectivity index (χ1n) is 10.7. The van der Waals surface area contributed by atoms with Crippen LogP contribution in [0.2, 0.25) is 0 Å². The van der Waals surface area contributed by atoms with Crippen molar-refractivity contribution in [2.75, 3.05) is 13.2 Å². The number of carboxylic acid groups (broad SMARTS) is 1. The van der Waals surface area contributed by atoms with Crippen LogP contribution in [0.1, 0.15) is 42.7 Å². The molecule has 8 nitrogen and oxygen atoms in total. The number of carboxylic acids is 1. The number of hydrogen-bond donors (Lipinski definition) is 4. The quantitative estimate of drug-likeness (QED) is 0.502. The van der Waals surface area contributed by atoms with E-state index in [9.17, 15) is 19.5 Å². The summed E-state index contributed by atoms with van der Waals surface area (Å²) in [5.74, 6) is -1.80. The Hall–Kier alpha value is -3.39. The van der Waals surface area contributed by atoms with Gasteiger partial charge in [-0.2, -0.15) is 0 Å². The van der Waals surface area contributed by atoms with Crippen LogP contribution in [0.25, 0.3) is 11.1 Å². The summed E-state index contributed by atoms with van der Waals surface area (Å²) in [6, 6.07) is 16.1. The molecule has 2 amide bonds. The molecule has 1 saturated carbocycles. The zero-order valence-electron chi connectivity index (χ0n) is 17.5. The van der Waals surface area contributed by atoms with Crippen LogP contribution in [0.3, 0.4) is 0 Å². The van der Waals surface area contributed by atoms with Crippen LogP contribution in [0.15, 0.2) is 48.5 Å². The van der Waals surface area contributed by atoms with Gasteiger partial charge in [0, 0.05) is 18.9 Å². The number of aliphatic hydroxyl groups excluding tert-OH is 1. The molecule has 0 bridgehead atoms. The van der Waals surface area contributed by atoms with Crippen molar-refractivity contribution in [2.24, 2.45) is 0 Å². The number of aliphatic hydroxyl groups is 1. The van der Waals surface area contributed by atoms with Gasteiger partial charge in [-0.25, -0.2) is 9.59 Å². The van der Waals surface area contributed by atoms with E-state index in [1.165, 1.54) is 0 Å². The minimum Gasteiger partial charge on any atom is -0.479 e. The first-order valence-corrected chi connectivity index (χ1v) is 10.7. The second-order valence-electron chi connectivity index (χ2n) is 8.28. The molecule has 0 unspecified atom stereocenters. The third-order valence-electron chi connectivity index (χ3n) is 6.32. The van der Waals surface area contributed by atoms with Gasteiger partial charge in [-0.3, -0.25) is 4.79 Å². The fourth-order valence-electron chi connectivity index (χ4n) is 4.38. The zero-order valence-corrected chi connectivity index (χ0v) is 17.5. The molecule has 0 aliphatic heterocycles. The smallest absolute Gasteiger partial charge is 0.408 e. The number of nitrogens with one attached hydrogen (secondary N) is 2. The number of benzene rings is 2. The lowest BCUT2D eigenvalue weighted by atomic mass is 9.76. The van der Waals surface area contributed by atoms with Crippen LogP contribution in [-0.4, -0.2) is 53.0 Å². The molecule has 1 atom stereocenters. The molecule has 32 heavy (non-hydrogen) atoms. The molecule has 4 rings (SSSR count). The SMILES string of the molecule is O=C(NC1(C(=O)NCC[C@H](O)C(=O)O)CCC1)OCC1c2ccccc2-c2ccccc21. The normalized spacial score (nSPS) is 16.8. The highest BCUT2D eigenvalue weighted by Crippen LogP contribution is 2.44. The predicted octanol–water partition coefficient (Wildman–Crippen LogP) is 2.40. The maximum Gasteiger partial charge on any atom is 0.408 e. The fourth-order valence-corrected chi connectivity index (χ4v) is 4.38. The third kappa shape index (κ3) is 4.18. The maximum atomic E-state index is 12.6. The molecule has 2 aliphatic carbocycles. The van der Waals surface area contributed by atoms with Gasteiger partial charge in [0.15, 0.2) is 6.10 Å². The molecule has 8 heteroatoms. The van der Waals surface area contributed by atoms with E-state index in [0.29, 0.717) is 12.8 Å². The van der Waals surface area contributed by atoms with Crippen LogP contribution < -0.4 is 10.6 Å². The number of ether oxygens (including phenoxy) is 1. The van der Waals surface area contributed by atoms with Crippen molar-refractivity contribution in [3.63, 3.8) is 0 Å². The summed E-state index contributed by atoms with van der Waals surface area (Å²) in [6.45, 7) is 0.156. The van der Waals surface area contributed by atoms with E-state index in [1.54, 1.807) is 0 Å². The number of hydrogen-bond acceptors (Lipinski definition) is 5. The fraction of sp³-hybridized carbons (Fsp3) is 0.375. The number of alkyl carbamates (subject to hydrolysis) is 1. The average molecular weight is 438 g/mol. The van der Waals surface area contributed by atoms with Crippen LogP contribution in [0.4, 0.5) is 4.79 Å². The summed E-state index contributed by atoms with van der Waals surface area (Å²) in [7, 11) is 0. The predicted molar refractivity (Wildman–Crippen MR) is 116 cm³/mol. The molecule has 4 N–H and O–H groups in total. The number of carbonyl (C=O) groups excluding carboxylic acids is 2. The lowest BCUT2D eigenvalue weighted by Gasteiger charge is -2.40. The molecule has 2 aromatic rings. The second-order valence-corrected chi connectivity index (χ2v) is 8.28. The lowest BCUT2D eigenvalue weighted by molar-refractivity contribution is -0.147.